The molecule has 0 radical (unpaired) electrons. The Morgan fingerprint density at radius 2 is 1.71 bits per heavy atom. The Hall–Kier alpha value is -0.960. The van der Waals surface area contributed by atoms with Gasteiger partial charge in [0.05, 0.1) is 0 Å². The summed E-state index contributed by atoms with van der Waals surface area (Å²) >= 11 is 0. The number of rotatable bonds is 4. The molecule has 94 valence electrons. The Morgan fingerprint density at radius 1 is 1.18 bits per heavy atom. The van der Waals surface area contributed by atoms with Crippen LogP contribution in [0, 0.1) is 17.0 Å². The van der Waals surface area contributed by atoms with Crippen molar-refractivity contribution in [1.29, 1.82) is 0 Å². The van der Waals surface area contributed by atoms with Crippen molar-refractivity contribution < 1.29 is 8.78 Å². The fourth-order valence-electron chi connectivity index (χ4n) is 2.21. The highest BCUT2D eigenvalue weighted by atomic mass is 19.1. The highest BCUT2D eigenvalue weighted by Crippen LogP contribution is 2.48. The first-order valence-corrected chi connectivity index (χ1v) is 6.14. The molecule has 1 aromatic rings. The van der Waals surface area contributed by atoms with Crippen molar-refractivity contribution in [2.24, 2.45) is 5.41 Å². The number of hydrogen-bond donors (Lipinski definition) is 1. The second kappa shape index (κ2) is 4.37. The van der Waals surface area contributed by atoms with Gasteiger partial charge in [0.25, 0.3) is 0 Å². The molecule has 0 aromatic heterocycles. The van der Waals surface area contributed by atoms with E-state index in [0.29, 0.717) is 5.41 Å². The third-order valence-electron chi connectivity index (χ3n) is 4.02. The number of nitrogens with one attached hydrogen (secondary N) is 1. The van der Waals surface area contributed by atoms with Gasteiger partial charge in [0.15, 0.2) is 0 Å². The van der Waals surface area contributed by atoms with Crippen LogP contribution in [-0.4, -0.2) is 6.04 Å². The second-order valence-electron chi connectivity index (χ2n) is 5.40. The Kier molecular flexibility index (Phi) is 3.21. The first-order valence-electron chi connectivity index (χ1n) is 6.14. The third-order valence-corrected chi connectivity index (χ3v) is 4.02. The first-order chi connectivity index (χ1) is 7.94. The van der Waals surface area contributed by atoms with Crippen molar-refractivity contribution in [1.82, 2.24) is 5.32 Å². The highest BCUT2D eigenvalue weighted by molar-refractivity contribution is 5.23. The van der Waals surface area contributed by atoms with Crippen molar-refractivity contribution in [3.05, 3.63) is 35.4 Å². The lowest BCUT2D eigenvalue weighted by molar-refractivity contribution is 0.341. The van der Waals surface area contributed by atoms with E-state index in [4.69, 9.17) is 0 Å². The maximum absolute atomic E-state index is 13.6. The molecular weight excluding hydrogens is 220 g/mol. The summed E-state index contributed by atoms with van der Waals surface area (Å²) in [4.78, 5) is 0. The predicted molar refractivity (Wildman–Crippen MR) is 64.7 cm³/mol. The van der Waals surface area contributed by atoms with Gasteiger partial charge in [-0.25, -0.2) is 8.78 Å². The quantitative estimate of drug-likeness (QED) is 0.842. The van der Waals surface area contributed by atoms with Crippen LogP contribution in [-0.2, 0) is 0 Å². The van der Waals surface area contributed by atoms with Crippen LogP contribution in [0.5, 0.6) is 0 Å². The maximum Gasteiger partial charge on any atom is 0.130 e. The van der Waals surface area contributed by atoms with E-state index in [1.807, 2.05) is 6.92 Å². The monoisotopic (exact) mass is 239 g/mol. The number of halogens is 2. The van der Waals surface area contributed by atoms with E-state index < -0.39 is 11.6 Å². The standard InChI is InChI=1S/C14H19F2N/c1-9(17-10(2)14(3)7-8-14)13-11(15)5-4-6-12(13)16/h4-6,9-10,17H,7-8H2,1-3H3. The summed E-state index contributed by atoms with van der Waals surface area (Å²) in [5.41, 5.74) is 0.444. The molecular formula is C14H19F2N. The molecule has 0 saturated heterocycles. The van der Waals surface area contributed by atoms with E-state index >= 15 is 0 Å². The zero-order valence-corrected chi connectivity index (χ0v) is 10.6. The Bertz CT molecular complexity index is 392. The van der Waals surface area contributed by atoms with Gasteiger partial charge in [-0.1, -0.05) is 13.0 Å². The van der Waals surface area contributed by atoms with Crippen LogP contribution in [0.25, 0.3) is 0 Å². The van der Waals surface area contributed by atoms with E-state index in [-0.39, 0.29) is 17.6 Å². The SMILES string of the molecule is CC(NC(C)C1(C)CC1)c1c(F)cccc1F. The van der Waals surface area contributed by atoms with Crippen molar-refractivity contribution in [2.75, 3.05) is 0 Å². The molecule has 1 aliphatic carbocycles. The fourth-order valence-corrected chi connectivity index (χ4v) is 2.21. The molecule has 0 heterocycles. The van der Waals surface area contributed by atoms with Gasteiger partial charge in [0.2, 0.25) is 0 Å². The fraction of sp³-hybridized carbons (Fsp3) is 0.571. The van der Waals surface area contributed by atoms with Gasteiger partial charge in [-0.15, -0.1) is 0 Å². The van der Waals surface area contributed by atoms with Crippen LogP contribution in [0.3, 0.4) is 0 Å². The van der Waals surface area contributed by atoms with E-state index in [9.17, 15) is 8.78 Å². The average Bonchev–Trinajstić information content (AvgIpc) is 2.97. The lowest BCUT2D eigenvalue weighted by Crippen LogP contribution is -2.35. The van der Waals surface area contributed by atoms with Gasteiger partial charge in [0, 0.05) is 17.6 Å². The molecule has 2 atom stereocenters. The largest absolute Gasteiger partial charge is 0.307 e. The molecule has 17 heavy (non-hydrogen) atoms. The summed E-state index contributed by atoms with van der Waals surface area (Å²) in [7, 11) is 0. The molecule has 0 bridgehead atoms. The highest BCUT2D eigenvalue weighted by Gasteiger charge is 2.42. The van der Waals surface area contributed by atoms with Crippen LogP contribution in [0.15, 0.2) is 18.2 Å². The van der Waals surface area contributed by atoms with Gasteiger partial charge in [0.1, 0.15) is 11.6 Å². The van der Waals surface area contributed by atoms with Crippen molar-refractivity contribution in [3.63, 3.8) is 0 Å². The Morgan fingerprint density at radius 3 is 2.18 bits per heavy atom. The summed E-state index contributed by atoms with van der Waals surface area (Å²) in [5.74, 6) is -0.948. The molecule has 1 N–H and O–H groups in total. The summed E-state index contributed by atoms with van der Waals surface area (Å²) in [5, 5.41) is 3.30. The molecule has 0 amide bonds. The summed E-state index contributed by atoms with van der Waals surface area (Å²) in [6, 6.07) is 3.98. The average molecular weight is 239 g/mol. The van der Waals surface area contributed by atoms with Crippen LogP contribution < -0.4 is 5.32 Å². The minimum Gasteiger partial charge on any atom is -0.307 e. The van der Waals surface area contributed by atoms with Crippen LogP contribution >= 0.6 is 0 Å². The molecule has 2 unspecified atom stereocenters. The van der Waals surface area contributed by atoms with Gasteiger partial charge < -0.3 is 5.32 Å². The molecule has 1 saturated carbocycles. The summed E-state index contributed by atoms with van der Waals surface area (Å²) in [6.45, 7) is 6.10. The Labute approximate surface area is 101 Å². The normalized spacial score (nSPS) is 21.0. The molecule has 0 aliphatic heterocycles. The molecule has 1 nitrogen and oxygen atoms in total. The minimum absolute atomic E-state index is 0.142. The molecule has 1 fully saturated rings. The van der Waals surface area contributed by atoms with E-state index in [1.165, 1.54) is 31.0 Å². The van der Waals surface area contributed by atoms with Gasteiger partial charge in [-0.05, 0) is 44.2 Å². The third kappa shape index (κ3) is 2.49. The molecule has 1 aromatic carbocycles. The molecule has 0 spiro atoms. The van der Waals surface area contributed by atoms with E-state index in [0.717, 1.165) is 0 Å². The van der Waals surface area contributed by atoms with E-state index in [2.05, 4.69) is 19.2 Å². The predicted octanol–water partition coefficient (Wildman–Crippen LogP) is 3.80. The lowest BCUT2D eigenvalue weighted by atomic mass is 9.98. The second-order valence-corrected chi connectivity index (χ2v) is 5.40. The topological polar surface area (TPSA) is 12.0 Å². The first kappa shape index (κ1) is 12.5. The van der Waals surface area contributed by atoms with Gasteiger partial charge >= 0.3 is 0 Å². The minimum atomic E-state index is -0.474. The summed E-state index contributed by atoms with van der Waals surface area (Å²) < 4.78 is 27.2. The molecule has 1 aliphatic rings. The molecule has 3 heteroatoms. The smallest absolute Gasteiger partial charge is 0.130 e. The zero-order valence-electron chi connectivity index (χ0n) is 10.6. The van der Waals surface area contributed by atoms with Crippen molar-refractivity contribution in [3.8, 4) is 0 Å². The summed E-state index contributed by atoms with van der Waals surface area (Å²) in [6.07, 6.45) is 2.38. The number of benzene rings is 1. The van der Waals surface area contributed by atoms with Crippen molar-refractivity contribution >= 4 is 0 Å². The van der Waals surface area contributed by atoms with Crippen LogP contribution in [0.1, 0.15) is 45.2 Å². The van der Waals surface area contributed by atoms with Gasteiger partial charge in [-0.3, -0.25) is 0 Å². The van der Waals surface area contributed by atoms with Crippen LogP contribution in [0.4, 0.5) is 8.78 Å². The van der Waals surface area contributed by atoms with Gasteiger partial charge in [-0.2, -0.15) is 0 Å². The van der Waals surface area contributed by atoms with E-state index in [1.54, 1.807) is 0 Å². The lowest BCUT2D eigenvalue weighted by Gasteiger charge is -2.25. The van der Waals surface area contributed by atoms with Crippen molar-refractivity contribution in [2.45, 2.75) is 45.7 Å². The number of hydrogen-bond acceptors (Lipinski definition) is 1. The zero-order chi connectivity index (χ0) is 12.6. The van der Waals surface area contributed by atoms with Crippen LogP contribution in [0.2, 0.25) is 0 Å². The molecule has 2 rings (SSSR count). The Balaban J connectivity index is 2.11. The maximum atomic E-state index is 13.6.